The van der Waals surface area contributed by atoms with Gasteiger partial charge >= 0.3 is 28.9 Å². The lowest BCUT2D eigenvalue weighted by Gasteiger charge is -2.20. The number of rotatable bonds is 20. The van der Waals surface area contributed by atoms with Gasteiger partial charge in [-0.2, -0.15) is 33.1 Å². The van der Waals surface area contributed by atoms with E-state index in [0.717, 1.165) is 72.7 Å². The van der Waals surface area contributed by atoms with Crippen molar-refractivity contribution in [3.05, 3.63) is 329 Å². The fourth-order valence-electron chi connectivity index (χ4n) is 14.9. The van der Waals surface area contributed by atoms with Crippen molar-refractivity contribution in [2.75, 3.05) is 26.2 Å². The number of hydrogen-bond acceptors (Lipinski definition) is 20. The Morgan fingerprint density at radius 3 is 1.11 bits per heavy atom. The molecule has 17 rings (SSSR count). The maximum Gasteiger partial charge on any atom is 0.417 e. The minimum absolute atomic E-state index is 0.0397. The molecule has 0 spiro atoms. The van der Waals surface area contributed by atoms with Crippen LogP contribution in [-0.4, -0.2) is 104 Å². The summed E-state index contributed by atoms with van der Waals surface area (Å²) in [6.07, 6.45) is -4.54. The first kappa shape index (κ1) is 87.8. The van der Waals surface area contributed by atoms with Crippen LogP contribution >= 0.6 is 23.2 Å². The number of benzene rings is 9. The fraction of sp³-hybridized carbons (Fsp3) is 0.253. The van der Waals surface area contributed by atoms with E-state index in [0.29, 0.717) is 104 Å². The standard InChI is InChI=1S/C26H25N5O2.C22H19ClF3N5O2.C22H23N5O2.C21H19ClFN5O2/c1-15-13-21-22(14-16(15)2)31(24-23(28-21)25(32)30-26(33)29-24)12-11-27-17(3)19-10-6-8-18-7-4-5-9-20(18)19;1-11-7-16-17(8-12(11)2)31(19-18(28-16)20(32)30-21(33)29-19)6-5-27-10-13-3-4-15(23)14(9-13)22(24,25)26;1-13-11-17-18(12-14(13)2)27(20-19(24-17)21(28)26-22(29)25-20)10-9-23-15(3)16-7-5-4-6-8-16;1-11-7-16-17(8-12(11)2)28(19-18(25-16)20(29)27-21(30)26-19)6-5-24-10-13-3-4-15(23)14(22)9-13/h4-10,13-14,17,27H,11-12H2,1-3H3,(H,30,32,33);3-4,7-9,27H,5-6,10H2,1-2H3,(H,30,32,33);4-8,11-12,15,23H,9-10H2,1-3H3,(H,26,28,29);3-4,7-9,24H,5-6,10H2,1-2H3,(H,27,29,30). The Morgan fingerprint density at radius 1 is 0.376 bits per heavy atom. The minimum atomic E-state index is -4.54. The molecule has 640 valence electrons. The lowest BCUT2D eigenvalue weighted by Crippen LogP contribution is -2.30. The maximum atomic E-state index is 13.3. The molecular weight excluding hydrogens is 1650 g/mol. The molecule has 8 aliphatic heterocycles. The van der Waals surface area contributed by atoms with Gasteiger partial charge < -0.3 is 39.5 Å². The summed E-state index contributed by atoms with van der Waals surface area (Å²) in [7, 11) is 0. The summed E-state index contributed by atoms with van der Waals surface area (Å²) in [4.78, 5) is 140. The Balaban J connectivity index is 0.000000136. The Kier molecular flexibility index (Phi) is 26.2. The topological polar surface area (TPSA) is 371 Å². The lowest BCUT2D eigenvalue weighted by molar-refractivity contribution is -0.137. The second-order valence-corrected chi connectivity index (χ2v) is 31.5. The Bertz CT molecular complexity index is 7370. The van der Waals surface area contributed by atoms with Gasteiger partial charge in [0.15, 0.2) is 46.1 Å². The average Bonchev–Trinajstić information content (AvgIpc) is 0.767. The first-order valence-electron chi connectivity index (χ1n) is 40.1. The third-order valence-electron chi connectivity index (χ3n) is 22.1. The number of alkyl halides is 3. The number of nitrogens with zero attached hydrogens (tertiary/aromatic N) is 12. The molecule has 0 amide bonds. The number of aromatic amines is 4. The van der Waals surface area contributed by atoms with Gasteiger partial charge in [0, 0.05) is 77.5 Å². The molecule has 0 saturated carbocycles. The molecule has 0 saturated heterocycles. The zero-order valence-corrected chi connectivity index (χ0v) is 71.1. The summed E-state index contributed by atoms with van der Waals surface area (Å²) in [5.41, 5.74) is 12.6. The first-order valence-corrected chi connectivity index (χ1v) is 40.9. The number of hydrogen-bond donors (Lipinski definition) is 8. The van der Waals surface area contributed by atoms with E-state index in [-0.39, 0.29) is 63.1 Å². The van der Waals surface area contributed by atoms with Gasteiger partial charge in [-0.25, -0.2) is 43.5 Å². The van der Waals surface area contributed by atoms with Gasteiger partial charge in [-0.15, -0.1) is 0 Å². The van der Waals surface area contributed by atoms with Crippen LogP contribution in [0, 0.1) is 61.2 Å². The van der Waals surface area contributed by atoms with E-state index >= 15 is 0 Å². The van der Waals surface area contributed by atoms with Crippen LogP contribution in [0.25, 0.3) is 101 Å². The average molecular weight is 1730 g/mol. The molecule has 125 heavy (non-hydrogen) atoms. The molecule has 2 unspecified atom stereocenters. The van der Waals surface area contributed by atoms with Crippen LogP contribution in [0.15, 0.2) is 196 Å². The number of halogens is 6. The summed E-state index contributed by atoms with van der Waals surface area (Å²) in [5.74, 6) is 0.544. The number of fused-ring (bicyclic) bond motifs is 9. The lowest BCUT2D eigenvalue weighted by atomic mass is 10.00. The van der Waals surface area contributed by atoms with Gasteiger partial charge in [-0.3, -0.25) is 39.1 Å². The number of nitrogens with one attached hydrogen (secondary N) is 8. The normalized spacial score (nSPS) is 12.2. The van der Waals surface area contributed by atoms with E-state index in [2.05, 4.69) is 143 Å². The van der Waals surface area contributed by atoms with Gasteiger partial charge in [0.25, 0.3) is 22.2 Å². The van der Waals surface area contributed by atoms with E-state index in [1.54, 1.807) is 16.7 Å². The highest BCUT2D eigenvalue weighted by Crippen LogP contribution is 2.36. The fourth-order valence-corrected chi connectivity index (χ4v) is 15.3. The smallest absolute Gasteiger partial charge is 0.321 e. The molecule has 28 nitrogen and oxygen atoms in total. The highest BCUT2D eigenvalue weighted by Gasteiger charge is 2.34. The summed E-state index contributed by atoms with van der Waals surface area (Å²) in [6.45, 7) is 24.8. The molecule has 0 aromatic heterocycles. The predicted molar refractivity (Wildman–Crippen MR) is 477 cm³/mol. The molecule has 0 fully saturated rings. The predicted octanol–water partition coefficient (Wildman–Crippen LogP) is 12.7. The Morgan fingerprint density at radius 2 is 0.720 bits per heavy atom. The number of aromatic nitrogens is 16. The highest BCUT2D eigenvalue weighted by molar-refractivity contribution is 6.31. The second kappa shape index (κ2) is 37.3. The van der Waals surface area contributed by atoms with Crippen molar-refractivity contribution < 1.29 is 17.6 Å². The monoisotopic (exact) mass is 1730 g/mol. The van der Waals surface area contributed by atoms with Gasteiger partial charge in [-0.05, 0) is 220 Å². The molecule has 8 N–H and O–H groups in total. The molecule has 9 aromatic carbocycles. The summed E-state index contributed by atoms with van der Waals surface area (Å²) in [5, 5.41) is 15.6. The van der Waals surface area contributed by atoms with Crippen molar-refractivity contribution >= 4 is 78.1 Å². The molecular formula is C91H86Cl2F4N20O8. The zero-order chi connectivity index (χ0) is 89.0. The van der Waals surface area contributed by atoms with E-state index < -0.39 is 62.6 Å². The van der Waals surface area contributed by atoms with E-state index in [4.69, 9.17) is 23.2 Å². The molecule has 8 heterocycles. The molecule has 9 aromatic rings. The SMILES string of the molecule is Cc1cc2nc3c(=O)[nH]c(=O)nc-3n(CCNC(C)c3cccc4ccccc34)c2cc1C.Cc1cc2nc3c(=O)[nH]c(=O)nc-3n(CCNC(C)c3ccccc3)c2cc1C.Cc1cc2nc3c(=O)[nH]c(=O)nc-3n(CCNCc3ccc(Cl)c(C(F)(F)F)c3)c2cc1C.Cc1cc2nc3c(=O)[nH]c(=O)nc-3n(CCNCc3ccc(F)c(Cl)c3)c2cc1C. The van der Waals surface area contributed by atoms with E-state index in [1.165, 1.54) is 40.1 Å². The van der Waals surface area contributed by atoms with E-state index in [1.807, 2.05) is 142 Å². The van der Waals surface area contributed by atoms with Crippen molar-refractivity contribution in [3.8, 4) is 46.1 Å². The first-order chi connectivity index (χ1) is 59.7. The molecule has 0 aliphatic carbocycles. The molecule has 0 radical (unpaired) electrons. The van der Waals surface area contributed by atoms with Crippen molar-refractivity contribution in [2.24, 2.45) is 0 Å². The molecule has 8 aliphatic rings. The van der Waals surface area contributed by atoms with Crippen LogP contribution in [0.4, 0.5) is 17.6 Å². The van der Waals surface area contributed by atoms with Gasteiger partial charge in [-0.1, -0.05) is 108 Å². The van der Waals surface area contributed by atoms with Crippen LogP contribution < -0.4 is 66.3 Å². The molecule has 34 heteroatoms. The maximum absolute atomic E-state index is 13.3. The van der Waals surface area contributed by atoms with Crippen molar-refractivity contribution in [2.45, 2.75) is 127 Å². The third-order valence-corrected chi connectivity index (χ3v) is 22.7. The third kappa shape index (κ3) is 19.6. The van der Waals surface area contributed by atoms with Gasteiger partial charge in [0.2, 0.25) is 0 Å². The van der Waals surface area contributed by atoms with Crippen molar-refractivity contribution in [3.63, 3.8) is 0 Å². The molecule has 2 atom stereocenters. The Hall–Kier alpha value is -13.5. The molecule has 0 bridgehead atoms. The highest BCUT2D eigenvalue weighted by atomic mass is 35.5. The van der Waals surface area contributed by atoms with Crippen LogP contribution in [0.2, 0.25) is 10.0 Å². The summed E-state index contributed by atoms with van der Waals surface area (Å²) in [6, 6.07) is 49.1. The summed E-state index contributed by atoms with van der Waals surface area (Å²) < 4.78 is 59.9. The van der Waals surface area contributed by atoms with Crippen LogP contribution in [-0.2, 0) is 45.4 Å². The van der Waals surface area contributed by atoms with Crippen molar-refractivity contribution in [1.82, 2.24) is 99.3 Å². The quantitative estimate of drug-likeness (QED) is 0.0200. The van der Waals surface area contributed by atoms with Gasteiger partial charge in [0.05, 0.1) is 59.7 Å². The Labute approximate surface area is 719 Å². The number of aryl methyl sites for hydroxylation is 8. The largest absolute Gasteiger partial charge is 0.417 e. The minimum Gasteiger partial charge on any atom is -0.321 e. The second-order valence-electron chi connectivity index (χ2n) is 30.7. The van der Waals surface area contributed by atoms with Crippen LogP contribution in [0.5, 0.6) is 0 Å². The van der Waals surface area contributed by atoms with Gasteiger partial charge in [0.1, 0.15) is 5.82 Å². The van der Waals surface area contributed by atoms with Crippen LogP contribution in [0.1, 0.15) is 98.3 Å². The van der Waals surface area contributed by atoms with Crippen molar-refractivity contribution in [1.29, 1.82) is 0 Å². The summed E-state index contributed by atoms with van der Waals surface area (Å²) >= 11 is 11.5. The zero-order valence-electron chi connectivity index (χ0n) is 69.6. The van der Waals surface area contributed by atoms with Crippen LogP contribution in [0.3, 0.4) is 0 Å². The number of H-pyrrole nitrogens is 4. The van der Waals surface area contributed by atoms with E-state index in [9.17, 15) is 55.9 Å².